The maximum Gasteiger partial charge on any atom is 0.316 e. The van der Waals surface area contributed by atoms with E-state index in [1.807, 2.05) is 0 Å². The number of hydrogen-bond acceptors (Lipinski definition) is 5. The summed E-state index contributed by atoms with van der Waals surface area (Å²) in [5, 5.41) is 11.0. The van der Waals surface area contributed by atoms with Crippen LogP contribution in [0, 0.1) is 10.1 Å². The van der Waals surface area contributed by atoms with Crippen molar-refractivity contribution in [1.29, 1.82) is 0 Å². The van der Waals surface area contributed by atoms with Crippen LogP contribution in [0.4, 0.5) is 11.4 Å². The van der Waals surface area contributed by atoms with Crippen molar-refractivity contribution in [2.24, 2.45) is 4.36 Å². The van der Waals surface area contributed by atoms with Crippen LogP contribution in [-0.4, -0.2) is 13.3 Å². The quantitative estimate of drug-likeness (QED) is 0.485. The number of halogens is 1. The molecule has 0 atom stereocenters. The third-order valence-corrected chi connectivity index (χ3v) is 2.55. The Morgan fingerprint density at radius 2 is 2.13 bits per heavy atom. The van der Waals surface area contributed by atoms with E-state index < -0.39 is 15.4 Å². The monoisotopic (exact) mass is 292 g/mol. The molecule has 0 radical (unpaired) electrons. The lowest BCUT2D eigenvalue weighted by atomic mass is 10.2. The van der Waals surface area contributed by atoms with Crippen molar-refractivity contribution in [2.45, 2.75) is 5.33 Å². The molecule has 0 spiro atoms. The van der Waals surface area contributed by atoms with E-state index in [1.165, 1.54) is 18.2 Å². The van der Waals surface area contributed by atoms with E-state index in [4.69, 9.17) is 0 Å². The van der Waals surface area contributed by atoms with Crippen molar-refractivity contribution in [3.8, 4) is 0 Å². The highest BCUT2D eigenvalue weighted by atomic mass is 79.9. The first-order valence-electron chi connectivity index (χ1n) is 3.69. The molecule has 15 heavy (non-hydrogen) atoms. The second kappa shape index (κ2) is 4.99. The molecule has 0 aliphatic carbocycles. The van der Waals surface area contributed by atoms with Gasteiger partial charge in [0.15, 0.2) is 5.69 Å². The van der Waals surface area contributed by atoms with Gasteiger partial charge in [0.25, 0.3) is 5.69 Å². The Morgan fingerprint density at radius 1 is 1.47 bits per heavy atom. The zero-order valence-electron chi connectivity index (χ0n) is 7.25. The Balaban J connectivity index is 3.52. The summed E-state index contributed by atoms with van der Waals surface area (Å²) in [6.07, 6.45) is 0. The Hall–Kier alpha value is -1.28. The first kappa shape index (κ1) is 11.8. The topological polar surface area (TPSA) is 89.6 Å². The number of alkyl halides is 1. The fourth-order valence-corrected chi connectivity index (χ4v) is 1.81. The second-order valence-corrected chi connectivity index (χ2v) is 3.66. The normalized spacial score (nSPS) is 9.67. The van der Waals surface area contributed by atoms with Gasteiger partial charge < -0.3 is 0 Å². The van der Waals surface area contributed by atoms with Crippen LogP contribution in [0.2, 0.25) is 0 Å². The summed E-state index contributed by atoms with van der Waals surface area (Å²) in [6, 6.07) is 4.31. The fraction of sp³-hybridized carbons (Fsp3) is 0.143. The van der Waals surface area contributed by atoms with Gasteiger partial charge in [-0.05, 0) is 6.07 Å². The minimum atomic E-state index is -2.70. The average Bonchev–Trinajstić information content (AvgIpc) is 2.15. The predicted molar refractivity (Wildman–Crippen MR) is 56.7 cm³/mol. The van der Waals surface area contributed by atoms with Crippen LogP contribution in [0.5, 0.6) is 0 Å². The number of rotatable bonds is 3. The maximum absolute atomic E-state index is 10.7. The van der Waals surface area contributed by atoms with Gasteiger partial charge in [-0.3, -0.25) is 10.1 Å². The summed E-state index contributed by atoms with van der Waals surface area (Å²) in [5.41, 5.74) is -0.0736. The van der Waals surface area contributed by atoms with Crippen molar-refractivity contribution < 1.29 is 13.3 Å². The minimum absolute atomic E-state index is 0.162. The van der Waals surface area contributed by atoms with Gasteiger partial charge in [0, 0.05) is 10.9 Å². The number of para-hydroxylation sites is 1. The summed E-state index contributed by atoms with van der Waals surface area (Å²) in [4.78, 5) is 10.1. The summed E-state index contributed by atoms with van der Waals surface area (Å²) in [7, 11) is -2.70. The molecule has 0 bridgehead atoms. The highest BCUT2D eigenvalue weighted by molar-refractivity contribution is 9.08. The van der Waals surface area contributed by atoms with Gasteiger partial charge in [0.1, 0.15) is 0 Å². The predicted octanol–water partition coefficient (Wildman–Crippen LogP) is 2.18. The first-order valence-corrected chi connectivity index (χ1v) is 5.85. The van der Waals surface area contributed by atoms with E-state index in [0.717, 1.165) is 0 Å². The van der Waals surface area contributed by atoms with E-state index in [-0.39, 0.29) is 16.7 Å². The van der Waals surface area contributed by atoms with Gasteiger partial charge in [-0.1, -0.05) is 28.1 Å². The number of nitro benzene ring substituents is 1. The Labute approximate surface area is 94.9 Å². The lowest BCUT2D eigenvalue weighted by Crippen LogP contribution is -1.93. The van der Waals surface area contributed by atoms with E-state index in [2.05, 4.69) is 20.3 Å². The van der Waals surface area contributed by atoms with Crippen LogP contribution in [0.3, 0.4) is 0 Å². The molecule has 8 heteroatoms. The Kier molecular flexibility index (Phi) is 3.92. The van der Waals surface area contributed by atoms with Crippen molar-refractivity contribution in [3.05, 3.63) is 33.9 Å². The molecule has 0 saturated carbocycles. The third kappa shape index (κ3) is 2.83. The molecular formula is C7H5BrN2O4S. The van der Waals surface area contributed by atoms with Gasteiger partial charge in [0.05, 0.1) is 4.92 Å². The van der Waals surface area contributed by atoms with Crippen LogP contribution < -0.4 is 0 Å². The number of hydrogen-bond donors (Lipinski definition) is 0. The van der Waals surface area contributed by atoms with Gasteiger partial charge in [0.2, 0.25) is 0 Å². The van der Waals surface area contributed by atoms with Gasteiger partial charge in [-0.15, -0.1) is 4.36 Å². The molecule has 0 saturated heterocycles. The number of benzene rings is 1. The van der Waals surface area contributed by atoms with Crippen LogP contribution in [-0.2, 0) is 15.8 Å². The highest BCUT2D eigenvalue weighted by Gasteiger charge is 2.18. The van der Waals surface area contributed by atoms with Crippen molar-refractivity contribution in [2.75, 3.05) is 0 Å². The zero-order valence-corrected chi connectivity index (χ0v) is 9.66. The summed E-state index contributed by atoms with van der Waals surface area (Å²) in [5.74, 6) is 0. The molecule has 0 fully saturated rings. The molecule has 0 heterocycles. The molecule has 1 aromatic carbocycles. The molecule has 6 nitrogen and oxygen atoms in total. The minimum Gasteiger partial charge on any atom is -0.258 e. The standard InChI is InChI=1S/C7H5BrN2O4S/c8-4-5-2-1-3-6(9-15(13)14)7(5)10(11)12/h1-3H,4H2. The lowest BCUT2D eigenvalue weighted by molar-refractivity contribution is -0.384. The van der Waals surface area contributed by atoms with Crippen LogP contribution in [0.25, 0.3) is 0 Å². The van der Waals surface area contributed by atoms with E-state index >= 15 is 0 Å². The average molecular weight is 293 g/mol. The molecule has 80 valence electrons. The highest BCUT2D eigenvalue weighted by Crippen LogP contribution is 2.32. The third-order valence-electron chi connectivity index (χ3n) is 1.60. The van der Waals surface area contributed by atoms with Crippen molar-refractivity contribution in [3.63, 3.8) is 0 Å². The molecule has 1 rings (SSSR count). The van der Waals surface area contributed by atoms with Crippen LogP contribution >= 0.6 is 15.9 Å². The van der Waals surface area contributed by atoms with E-state index in [0.29, 0.717) is 5.56 Å². The molecule has 0 unspecified atom stereocenters. The molecule has 0 aromatic heterocycles. The number of nitrogens with zero attached hydrogens (tertiary/aromatic N) is 2. The van der Waals surface area contributed by atoms with Crippen LogP contribution in [0.1, 0.15) is 5.56 Å². The summed E-state index contributed by atoms with van der Waals surface area (Å²) >= 11 is 3.08. The number of nitro groups is 1. The smallest absolute Gasteiger partial charge is 0.258 e. The molecule has 1 aromatic rings. The first-order chi connectivity index (χ1) is 7.06. The van der Waals surface area contributed by atoms with E-state index in [9.17, 15) is 18.5 Å². The van der Waals surface area contributed by atoms with Crippen molar-refractivity contribution in [1.82, 2.24) is 0 Å². The molecule has 0 aliphatic rings. The molecule has 0 N–H and O–H groups in total. The fourth-order valence-electron chi connectivity index (χ4n) is 1.05. The van der Waals surface area contributed by atoms with Gasteiger partial charge in [-0.25, -0.2) is 0 Å². The van der Waals surface area contributed by atoms with Gasteiger partial charge >= 0.3 is 10.5 Å². The molecule has 0 amide bonds. The van der Waals surface area contributed by atoms with Crippen molar-refractivity contribution >= 4 is 37.8 Å². The van der Waals surface area contributed by atoms with Crippen LogP contribution in [0.15, 0.2) is 22.6 Å². The Bertz CT molecular complexity index is 518. The SMILES string of the molecule is O=[N+]([O-])c1c(CBr)cccc1N=S(=O)=O. The second-order valence-electron chi connectivity index (χ2n) is 2.48. The zero-order chi connectivity index (χ0) is 11.4. The maximum atomic E-state index is 10.7. The largest absolute Gasteiger partial charge is 0.316 e. The molecule has 0 aliphatic heterocycles. The molecular weight excluding hydrogens is 288 g/mol. The summed E-state index contributed by atoms with van der Waals surface area (Å²) < 4.78 is 23.8. The summed E-state index contributed by atoms with van der Waals surface area (Å²) in [6.45, 7) is 0. The lowest BCUT2D eigenvalue weighted by Gasteiger charge is -1.99. The Morgan fingerprint density at radius 3 is 2.60 bits per heavy atom. The van der Waals surface area contributed by atoms with Gasteiger partial charge in [-0.2, -0.15) is 8.42 Å². The van der Waals surface area contributed by atoms with E-state index in [1.54, 1.807) is 0 Å².